The summed E-state index contributed by atoms with van der Waals surface area (Å²) in [5, 5.41) is 3.74. The van der Waals surface area contributed by atoms with Crippen LogP contribution in [-0.4, -0.2) is 25.8 Å². The van der Waals surface area contributed by atoms with Crippen molar-refractivity contribution in [2.75, 3.05) is 19.8 Å². The van der Waals surface area contributed by atoms with Crippen LogP contribution in [0.2, 0.25) is 0 Å². The second-order valence-electron chi connectivity index (χ2n) is 6.81. The van der Waals surface area contributed by atoms with Gasteiger partial charge in [-0.05, 0) is 42.4 Å². The van der Waals surface area contributed by atoms with Crippen molar-refractivity contribution in [2.45, 2.75) is 52.5 Å². The zero-order chi connectivity index (χ0) is 13.2. The molecular weight excluding hydrogens is 222 g/mol. The van der Waals surface area contributed by atoms with Crippen LogP contribution in [0.3, 0.4) is 0 Å². The normalized spacial score (nSPS) is 37.1. The Bertz CT molecular complexity index is 299. The van der Waals surface area contributed by atoms with Crippen molar-refractivity contribution in [2.24, 2.45) is 16.7 Å². The molecule has 0 saturated heterocycles. The molecule has 0 aliphatic heterocycles. The van der Waals surface area contributed by atoms with E-state index in [1.54, 1.807) is 0 Å². The van der Waals surface area contributed by atoms with Gasteiger partial charge in [-0.3, -0.25) is 0 Å². The van der Waals surface area contributed by atoms with Gasteiger partial charge < -0.3 is 10.1 Å². The molecule has 2 aliphatic carbocycles. The molecule has 3 atom stereocenters. The summed E-state index contributed by atoms with van der Waals surface area (Å²) in [6.07, 6.45) is 7.04. The van der Waals surface area contributed by atoms with E-state index in [9.17, 15) is 0 Å². The van der Waals surface area contributed by atoms with Crippen molar-refractivity contribution in [3.05, 3.63) is 12.7 Å². The first-order valence-electron chi connectivity index (χ1n) is 7.44. The predicted molar refractivity (Wildman–Crippen MR) is 76.7 cm³/mol. The monoisotopic (exact) mass is 251 g/mol. The SMILES string of the molecule is C=CCCOCCNC1CC2CCC1(C)C2(C)C. The molecule has 1 N–H and O–H groups in total. The molecule has 0 aromatic heterocycles. The minimum atomic E-state index is 0.485. The van der Waals surface area contributed by atoms with Gasteiger partial charge in [0.15, 0.2) is 0 Å². The summed E-state index contributed by atoms with van der Waals surface area (Å²) in [5.41, 5.74) is 0.993. The minimum absolute atomic E-state index is 0.485. The first-order valence-corrected chi connectivity index (χ1v) is 7.44. The van der Waals surface area contributed by atoms with Crippen LogP contribution in [0.5, 0.6) is 0 Å². The molecule has 2 rings (SSSR count). The lowest BCUT2D eigenvalue weighted by Crippen LogP contribution is -2.45. The number of fused-ring (bicyclic) bond motifs is 2. The Morgan fingerprint density at radius 3 is 2.67 bits per heavy atom. The van der Waals surface area contributed by atoms with Gasteiger partial charge in [0.1, 0.15) is 0 Å². The second-order valence-corrected chi connectivity index (χ2v) is 6.81. The van der Waals surface area contributed by atoms with Crippen molar-refractivity contribution >= 4 is 0 Å². The van der Waals surface area contributed by atoms with Crippen LogP contribution in [0.1, 0.15) is 46.5 Å². The van der Waals surface area contributed by atoms with Gasteiger partial charge in [0.25, 0.3) is 0 Å². The molecule has 3 unspecified atom stereocenters. The van der Waals surface area contributed by atoms with Crippen molar-refractivity contribution < 1.29 is 4.74 Å². The van der Waals surface area contributed by atoms with E-state index in [-0.39, 0.29) is 0 Å². The molecule has 2 aliphatic rings. The average molecular weight is 251 g/mol. The van der Waals surface area contributed by atoms with Crippen LogP contribution >= 0.6 is 0 Å². The summed E-state index contributed by atoms with van der Waals surface area (Å²) < 4.78 is 5.57. The lowest BCUT2D eigenvalue weighted by molar-refractivity contribution is 0.104. The zero-order valence-corrected chi connectivity index (χ0v) is 12.3. The first kappa shape index (κ1) is 14.1. The quantitative estimate of drug-likeness (QED) is 0.553. The predicted octanol–water partition coefficient (Wildman–Crippen LogP) is 3.38. The molecule has 0 heterocycles. The van der Waals surface area contributed by atoms with E-state index >= 15 is 0 Å². The molecule has 2 bridgehead atoms. The third kappa shape index (κ3) is 2.25. The fourth-order valence-electron chi connectivity index (χ4n) is 4.09. The van der Waals surface area contributed by atoms with Gasteiger partial charge >= 0.3 is 0 Å². The molecule has 2 nitrogen and oxygen atoms in total. The summed E-state index contributed by atoms with van der Waals surface area (Å²) in [6, 6.07) is 0.689. The Kier molecular flexibility index (Phi) is 4.18. The van der Waals surface area contributed by atoms with E-state index in [1.807, 2.05) is 6.08 Å². The highest BCUT2D eigenvalue weighted by Crippen LogP contribution is 2.65. The molecule has 18 heavy (non-hydrogen) atoms. The fraction of sp³-hybridized carbons (Fsp3) is 0.875. The standard InChI is InChI=1S/C16H29NO/c1-5-6-10-18-11-9-17-14-12-13-7-8-16(14,4)15(13,2)3/h5,13-14,17H,1,6-12H2,2-4H3. The molecule has 0 aromatic rings. The van der Waals surface area contributed by atoms with Crippen molar-refractivity contribution in [1.29, 1.82) is 0 Å². The number of rotatable bonds is 7. The van der Waals surface area contributed by atoms with Crippen LogP contribution in [-0.2, 0) is 4.74 Å². The van der Waals surface area contributed by atoms with Crippen molar-refractivity contribution in [3.63, 3.8) is 0 Å². The number of hydrogen-bond donors (Lipinski definition) is 1. The molecule has 0 aromatic carbocycles. The number of ether oxygens (including phenoxy) is 1. The van der Waals surface area contributed by atoms with Crippen LogP contribution < -0.4 is 5.32 Å². The van der Waals surface area contributed by atoms with E-state index in [2.05, 4.69) is 32.7 Å². The maximum Gasteiger partial charge on any atom is 0.0591 e. The fourth-order valence-corrected chi connectivity index (χ4v) is 4.09. The molecule has 0 radical (unpaired) electrons. The molecule has 104 valence electrons. The van der Waals surface area contributed by atoms with Crippen LogP contribution in [0.15, 0.2) is 12.7 Å². The van der Waals surface area contributed by atoms with Gasteiger partial charge in [-0.2, -0.15) is 0 Å². The smallest absolute Gasteiger partial charge is 0.0591 e. The van der Waals surface area contributed by atoms with Gasteiger partial charge in [0, 0.05) is 12.6 Å². The van der Waals surface area contributed by atoms with Crippen LogP contribution in [0, 0.1) is 16.7 Å². The third-order valence-corrected chi connectivity index (χ3v) is 5.90. The minimum Gasteiger partial charge on any atom is -0.380 e. The highest BCUT2D eigenvalue weighted by atomic mass is 16.5. The van der Waals surface area contributed by atoms with Gasteiger partial charge in [0.2, 0.25) is 0 Å². The highest BCUT2D eigenvalue weighted by Gasteiger charge is 2.60. The lowest BCUT2D eigenvalue weighted by atomic mass is 9.69. The third-order valence-electron chi connectivity index (χ3n) is 5.90. The molecule has 0 amide bonds. The lowest BCUT2D eigenvalue weighted by Gasteiger charge is -2.39. The maximum atomic E-state index is 5.57. The molecular formula is C16H29NO. The Morgan fingerprint density at radius 1 is 1.33 bits per heavy atom. The van der Waals surface area contributed by atoms with E-state index in [4.69, 9.17) is 4.74 Å². The van der Waals surface area contributed by atoms with Crippen LogP contribution in [0.4, 0.5) is 0 Å². The summed E-state index contributed by atoms with van der Waals surface area (Å²) in [7, 11) is 0. The first-order chi connectivity index (χ1) is 8.52. The van der Waals surface area contributed by atoms with Crippen molar-refractivity contribution in [3.8, 4) is 0 Å². The van der Waals surface area contributed by atoms with Gasteiger partial charge in [0.05, 0.1) is 13.2 Å². The highest BCUT2D eigenvalue weighted by molar-refractivity contribution is 5.12. The Balaban J connectivity index is 1.74. The molecule has 2 heteroatoms. The molecule has 2 saturated carbocycles. The second kappa shape index (κ2) is 5.34. The van der Waals surface area contributed by atoms with Gasteiger partial charge in [-0.25, -0.2) is 0 Å². The zero-order valence-electron chi connectivity index (χ0n) is 12.3. The van der Waals surface area contributed by atoms with Gasteiger partial charge in [-0.1, -0.05) is 26.8 Å². The largest absolute Gasteiger partial charge is 0.380 e. The van der Waals surface area contributed by atoms with E-state index in [0.29, 0.717) is 16.9 Å². The van der Waals surface area contributed by atoms with E-state index < -0.39 is 0 Å². The topological polar surface area (TPSA) is 21.3 Å². The Morgan fingerprint density at radius 2 is 2.11 bits per heavy atom. The molecule has 2 fully saturated rings. The maximum absolute atomic E-state index is 5.57. The Hall–Kier alpha value is -0.340. The van der Waals surface area contributed by atoms with Crippen molar-refractivity contribution in [1.82, 2.24) is 5.32 Å². The molecule has 0 spiro atoms. The van der Waals surface area contributed by atoms with E-state index in [1.165, 1.54) is 19.3 Å². The summed E-state index contributed by atoms with van der Waals surface area (Å²) in [5.74, 6) is 0.918. The Labute approximate surface area is 112 Å². The number of nitrogens with one attached hydrogen (secondary N) is 1. The summed E-state index contributed by atoms with van der Waals surface area (Å²) in [4.78, 5) is 0. The van der Waals surface area contributed by atoms with Gasteiger partial charge in [-0.15, -0.1) is 6.58 Å². The van der Waals surface area contributed by atoms with E-state index in [0.717, 1.165) is 32.1 Å². The summed E-state index contributed by atoms with van der Waals surface area (Å²) >= 11 is 0. The average Bonchev–Trinajstić information content (AvgIpc) is 2.66. The van der Waals surface area contributed by atoms with Crippen LogP contribution in [0.25, 0.3) is 0 Å². The summed E-state index contributed by atoms with van der Waals surface area (Å²) in [6.45, 7) is 13.7. The number of hydrogen-bond acceptors (Lipinski definition) is 2.